The summed E-state index contributed by atoms with van der Waals surface area (Å²) in [7, 11) is 0. The number of aliphatic carboxylic acids is 1. The van der Waals surface area contributed by atoms with Gasteiger partial charge in [0.1, 0.15) is 5.41 Å². The first kappa shape index (κ1) is 29.3. The molecule has 0 bridgehead atoms. The van der Waals surface area contributed by atoms with Gasteiger partial charge < -0.3 is 20.5 Å². The fourth-order valence-corrected chi connectivity index (χ4v) is 8.02. The highest BCUT2D eigenvalue weighted by molar-refractivity contribution is 6.31. The summed E-state index contributed by atoms with van der Waals surface area (Å²) in [6, 6.07) is 5.22. The molecule has 1 aromatic carbocycles. The van der Waals surface area contributed by atoms with Gasteiger partial charge in [-0.05, 0) is 73.3 Å². The number of rotatable bonds is 4. The number of hydrogen-bond donors (Lipinski definition) is 4. The van der Waals surface area contributed by atoms with E-state index in [0.717, 1.165) is 12.8 Å². The molecule has 4 aliphatic rings. The predicted octanol–water partition coefficient (Wildman–Crippen LogP) is 4.56. The summed E-state index contributed by atoms with van der Waals surface area (Å²) < 4.78 is 21.4. The maximum Gasteiger partial charge on any atom is 0.332 e. The average molecular weight is 620 g/mol. The van der Waals surface area contributed by atoms with Crippen molar-refractivity contribution in [1.29, 1.82) is 0 Å². The molecule has 2 amide bonds. The number of carboxylic acids is 1. The normalized spacial score (nSPS) is 31.1. The smallest absolute Gasteiger partial charge is 0.332 e. The zero-order chi connectivity index (χ0) is 30.0. The zero-order valence-corrected chi connectivity index (χ0v) is 24.8. The molecule has 12 heteroatoms. The van der Waals surface area contributed by atoms with Crippen molar-refractivity contribution in [3.8, 4) is 0 Å². The first-order chi connectivity index (χ1) is 19.9. The summed E-state index contributed by atoms with van der Waals surface area (Å²) in [5, 5.41) is 19.0. The number of benzene rings is 1. The number of anilines is 1. The van der Waals surface area contributed by atoms with Crippen molar-refractivity contribution < 1.29 is 28.6 Å². The number of nitrogens with one attached hydrogen (secondary N) is 3. The van der Waals surface area contributed by atoms with Gasteiger partial charge in [0.25, 0.3) is 0 Å². The van der Waals surface area contributed by atoms with Crippen LogP contribution >= 0.6 is 23.2 Å². The monoisotopic (exact) mass is 618 g/mol. The van der Waals surface area contributed by atoms with Crippen LogP contribution in [0.4, 0.5) is 10.1 Å². The summed E-state index contributed by atoms with van der Waals surface area (Å²) in [4.78, 5) is 43.9. The number of ether oxygens (including phenoxy) is 1. The van der Waals surface area contributed by atoms with Gasteiger partial charge in [-0.15, -0.1) is 0 Å². The molecule has 3 aliphatic heterocycles. The minimum atomic E-state index is -1.37. The van der Waals surface area contributed by atoms with Gasteiger partial charge in [-0.3, -0.25) is 14.9 Å². The number of aromatic nitrogens is 1. The Balaban J connectivity index is 1.49. The molecule has 2 aromatic rings. The van der Waals surface area contributed by atoms with Crippen molar-refractivity contribution in [2.75, 3.05) is 11.9 Å². The largest absolute Gasteiger partial charge is 0.479 e. The highest BCUT2D eigenvalue weighted by Crippen LogP contribution is 2.64. The van der Waals surface area contributed by atoms with E-state index in [1.54, 1.807) is 18.2 Å². The van der Waals surface area contributed by atoms with Crippen LogP contribution in [0.25, 0.3) is 0 Å². The first-order valence-electron chi connectivity index (χ1n) is 14.2. The van der Waals surface area contributed by atoms with Crippen molar-refractivity contribution in [3.05, 3.63) is 57.6 Å². The van der Waals surface area contributed by atoms with Gasteiger partial charge in [0.15, 0.2) is 17.1 Å². The molecule has 224 valence electrons. The van der Waals surface area contributed by atoms with Crippen molar-refractivity contribution in [1.82, 2.24) is 15.6 Å². The predicted molar refractivity (Wildman–Crippen MR) is 154 cm³/mol. The third-order valence-corrected chi connectivity index (χ3v) is 10.3. The number of halogens is 3. The standard InChI is InChI=1S/C30H33Cl2FN4O5/c1-28(2)8-10-29(11-9-28)30(18-5-3-15(31)13-19(18)36-27(30)41)21(17-7-12-34-24(32)22(17)33)23(37-29)25(38)35-16-4-6-20(26(39)40)42-14-16/h3,5,7,12-13,16,20-21,23,37H,4,6,8-11,14H2,1-2H3,(H,35,38)(H,36,41)(H,39,40)/t16-,20+,21+,23-,30-/m1/s1. The minimum Gasteiger partial charge on any atom is -0.479 e. The second kappa shape index (κ2) is 10.4. The Morgan fingerprint density at radius 1 is 1.14 bits per heavy atom. The summed E-state index contributed by atoms with van der Waals surface area (Å²) in [6.07, 6.45) is 3.82. The fourth-order valence-electron chi connectivity index (χ4n) is 7.68. The molecule has 1 saturated carbocycles. The lowest BCUT2D eigenvalue weighted by molar-refractivity contribution is -0.154. The summed E-state index contributed by atoms with van der Waals surface area (Å²) in [5.41, 5.74) is -0.930. The third-order valence-electron chi connectivity index (χ3n) is 9.85. The molecule has 2 saturated heterocycles. The molecular formula is C30H33Cl2FN4O5. The van der Waals surface area contributed by atoms with Crippen molar-refractivity contribution >= 4 is 46.7 Å². The zero-order valence-electron chi connectivity index (χ0n) is 23.3. The topological polar surface area (TPSA) is 130 Å². The lowest BCUT2D eigenvalue weighted by Crippen LogP contribution is -2.61. The van der Waals surface area contributed by atoms with Crippen LogP contribution in [0.3, 0.4) is 0 Å². The Kier molecular flexibility index (Phi) is 7.28. The van der Waals surface area contributed by atoms with Crippen molar-refractivity contribution in [2.24, 2.45) is 5.41 Å². The second-order valence-electron chi connectivity index (χ2n) is 12.7. The molecule has 2 spiro atoms. The van der Waals surface area contributed by atoms with Crippen LogP contribution in [-0.4, -0.2) is 58.2 Å². The highest BCUT2D eigenvalue weighted by atomic mass is 35.5. The molecule has 42 heavy (non-hydrogen) atoms. The molecule has 3 fully saturated rings. The van der Waals surface area contributed by atoms with E-state index in [1.807, 2.05) is 0 Å². The fraction of sp³-hybridized carbons (Fsp3) is 0.533. The number of pyridine rings is 1. The van der Waals surface area contributed by atoms with Gasteiger partial charge in [-0.1, -0.05) is 43.1 Å². The van der Waals surface area contributed by atoms with Gasteiger partial charge in [-0.2, -0.15) is 0 Å². The van der Waals surface area contributed by atoms with Crippen LogP contribution in [0, 0.1) is 11.2 Å². The van der Waals surface area contributed by atoms with Crippen molar-refractivity contribution in [3.63, 3.8) is 0 Å². The molecule has 4 heterocycles. The Bertz CT molecular complexity index is 1450. The molecule has 1 aliphatic carbocycles. The molecule has 1 aromatic heterocycles. The second-order valence-corrected chi connectivity index (χ2v) is 13.5. The molecule has 6 rings (SSSR count). The maximum absolute atomic E-state index is 16.0. The van der Waals surface area contributed by atoms with Gasteiger partial charge in [0, 0.05) is 28.4 Å². The minimum absolute atomic E-state index is 0.0210. The van der Waals surface area contributed by atoms with E-state index < -0.39 is 52.8 Å². The summed E-state index contributed by atoms with van der Waals surface area (Å²) in [5.74, 6) is -3.57. The number of nitrogens with zero attached hydrogens (tertiary/aromatic N) is 1. The highest BCUT2D eigenvalue weighted by Gasteiger charge is 2.73. The maximum atomic E-state index is 16.0. The van der Waals surface area contributed by atoms with Crippen LogP contribution in [0.2, 0.25) is 10.2 Å². The Hall–Kier alpha value is -2.79. The summed E-state index contributed by atoms with van der Waals surface area (Å²) in [6.45, 7) is 4.39. The van der Waals surface area contributed by atoms with Crippen LogP contribution in [-0.2, 0) is 24.5 Å². The number of amides is 2. The Labute approximate surface area is 252 Å². The molecule has 0 unspecified atom stereocenters. The van der Waals surface area contributed by atoms with E-state index >= 15 is 4.39 Å². The van der Waals surface area contributed by atoms with Crippen LogP contribution in [0.5, 0.6) is 0 Å². The number of hydrogen-bond acceptors (Lipinski definition) is 6. The Morgan fingerprint density at radius 2 is 1.88 bits per heavy atom. The van der Waals surface area contributed by atoms with Gasteiger partial charge in [0.05, 0.1) is 18.7 Å². The van der Waals surface area contributed by atoms with E-state index in [2.05, 4.69) is 34.8 Å². The van der Waals surface area contributed by atoms with E-state index in [0.29, 0.717) is 35.5 Å². The quantitative estimate of drug-likeness (QED) is 0.370. The van der Waals surface area contributed by atoms with Crippen molar-refractivity contribution in [2.45, 2.75) is 87.4 Å². The lowest BCUT2D eigenvalue weighted by atomic mass is 9.53. The molecular weight excluding hydrogens is 586 g/mol. The number of fused-ring (bicyclic) bond motifs is 3. The summed E-state index contributed by atoms with van der Waals surface area (Å²) >= 11 is 12.5. The number of carbonyl (C=O) groups is 3. The first-order valence-corrected chi connectivity index (χ1v) is 15.0. The number of carboxylic acid groups (broad SMARTS) is 1. The molecule has 9 nitrogen and oxygen atoms in total. The number of carbonyl (C=O) groups excluding carboxylic acids is 2. The molecule has 4 N–H and O–H groups in total. The van der Waals surface area contributed by atoms with E-state index in [4.69, 9.17) is 27.9 Å². The van der Waals surface area contributed by atoms with Crippen LogP contribution in [0.1, 0.15) is 69.4 Å². The Morgan fingerprint density at radius 3 is 2.55 bits per heavy atom. The van der Waals surface area contributed by atoms with E-state index in [1.165, 1.54) is 12.3 Å². The van der Waals surface area contributed by atoms with Gasteiger partial charge in [-0.25, -0.2) is 14.2 Å². The van der Waals surface area contributed by atoms with Crippen LogP contribution in [0.15, 0.2) is 30.5 Å². The SMILES string of the molecule is CC1(C)CCC2(CC1)N[C@@H](C(=O)N[C@@H]1CC[C@@H](C(=O)O)OC1)[C@H](c1ccnc(Cl)c1F)[C@]21C(=O)Nc2cc(Cl)ccc21. The molecule has 5 atom stereocenters. The lowest BCUT2D eigenvalue weighted by Gasteiger charge is -2.50. The van der Waals surface area contributed by atoms with Gasteiger partial charge >= 0.3 is 5.97 Å². The van der Waals surface area contributed by atoms with Crippen LogP contribution < -0.4 is 16.0 Å². The van der Waals surface area contributed by atoms with Gasteiger partial charge in [0.2, 0.25) is 11.8 Å². The third kappa shape index (κ3) is 4.49. The average Bonchev–Trinajstić information content (AvgIpc) is 3.40. The molecule has 0 radical (unpaired) electrons. The van der Waals surface area contributed by atoms with E-state index in [9.17, 15) is 19.5 Å². The van der Waals surface area contributed by atoms with E-state index in [-0.39, 0.29) is 35.1 Å².